The maximum absolute atomic E-state index is 13.5. The van der Waals surface area contributed by atoms with Crippen LogP contribution in [0.4, 0.5) is 16.3 Å². The van der Waals surface area contributed by atoms with Crippen LogP contribution < -0.4 is 10.6 Å². The van der Waals surface area contributed by atoms with Crippen molar-refractivity contribution in [2.45, 2.75) is 39.7 Å². The van der Waals surface area contributed by atoms with Crippen molar-refractivity contribution in [1.29, 1.82) is 0 Å². The zero-order valence-electron chi connectivity index (χ0n) is 24.8. The quantitative estimate of drug-likeness (QED) is 0.173. The lowest BCUT2D eigenvalue weighted by atomic mass is 9.93. The molecule has 43 heavy (non-hydrogen) atoms. The highest BCUT2D eigenvalue weighted by Crippen LogP contribution is 2.31. The first kappa shape index (κ1) is 28.5. The van der Waals surface area contributed by atoms with E-state index in [1.54, 1.807) is 48.5 Å². The number of piperazine rings is 1. The van der Waals surface area contributed by atoms with Gasteiger partial charge in [0, 0.05) is 71.7 Å². The molecule has 0 atom stereocenters. The number of hydrogen-bond acceptors (Lipinski definition) is 8. The van der Waals surface area contributed by atoms with E-state index in [1.807, 2.05) is 20.8 Å². The van der Waals surface area contributed by atoms with Gasteiger partial charge in [-0.25, -0.2) is 4.79 Å². The lowest BCUT2D eigenvalue weighted by Crippen LogP contribution is -2.45. The summed E-state index contributed by atoms with van der Waals surface area (Å²) >= 11 is 0. The number of rotatable bonds is 7. The molecule has 11 nitrogen and oxygen atoms in total. The fourth-order valence-electron chi connectivity index (χ4n) is 5.36. The standard InChI is InChI=1S/C32H36N6O5/c1-5-37-10-12-38(13-11-37)18-22-21-16-24(34-23(21)7-8-25(22)39)30(40)27-15-19-14-20(6-9-26(19)42-27)33-31(41)35-29-17-28(43-36-29)32(2,3)4/h6-9,14-17,34,39H,5,10-13,18H2,1-4H3,(H2,33,35,36,41). The molecule has 224 valence electrons. The minimum Gasteiger partial charge on any atom is -0.508 e. The zero-order chi connectivity index (χ0) is 30.3. The molecule has 11 heteroatoms. The largest absolute Gasteiger partial charge is 0.508 e. The molecule has 4 heterocycles. The number of carbonyl (C=O) groups excluding carboxylic acids is 2. The van der Waals surface area contributed by atoms with E-state index in [0.29, 0.717) is 40.5 Å². The number of nitrogens with one attached hydrogen (secondary N) is 3. The summed E-state index contributed by atoms with van der Waals surface area (Å²) in [4.78, 5) is 34.0. The van der Waals surface area contributed by atoms with Crippen molar-refractivity contribution in [2.75, 3.05) is 43.4 Å². The van der Waals surface area contributed by atoms with Crippen molar-refractivity contribution in [3.8, 4) is 5.75 Å². The van der Waals surface area contributed by atoms with Gasteiger partial charge in [0.2, 0.25) is 5.78 Å². The van der Waals surface area contributed by atoms with Gasteiger partial charge in [-0.3, -0.25) is 15.0 Å². The summed E-state index contributed by atoms with van der Waals surface area (Å²) in [5.74, 6) is 1.06. The molecule has 5 aromatic rings. The minimum atomic E-state index is -0.475. The molecule has 0 bridgehead atoms. The van der Waals surface area contributed by atoms with Crippen LogP contribution in [0.3, 0.4) is 0 Å². The number of hydrogen-bond donors (Lipinski definition) is 4. The Hall–Kier alpha value is -4.61. The van der Waals surface area contributed by atoms with Crippen LogP contribution >= 0.6 is 0 Å². The third-order valence-electron chi connectivity index (χ3n) is 7.92. The predicted molar refractivity (Wildman–Crippen MR) is 165 cm³/mol. The Morgan fingerprint density at radius 1 is 1.00 bits per heavy atom. The van der Waals surface area contributed by atoms with Crippen molar-refractivity contribution >= 4 is 45.2 Å². The number of benzene rings is 2. The Balaban J connectivity index is 1.17. The summed E-state index contributed by atoms with van der Waals surface area (Å²) < 4.78 is 11.2. The molecule has 0 spiro atoms. The first-order valence-corrected chi connectivity index (χ1v) is 14.5. The average Bonchev–Trinajstić information content (AvgIpc) is 3.72. The number of aromatic hydroxyl groups is 1. The van der Waals surface area contributed by atoms with Crippen molar-refractivity contribution < 1.29 is 23.6 Å². The number of urea groups is 1. The van der Waals surface area contributed by atoms with E-state index in [-0.39, 0.29) is 22.7 Å². The molecule has 3 aromatic heterocycles. The molecule has 1 fully saturated rings. The van der Waals surface area contributed by atoms with Gasteiger partial charge < -0.3 is 29.2 Å². The number of H-pyrrole nitrogens is 1. The highest BCUT2D eigenvalue weighted by Gasteiger charge is 2.23. The maximum Gasteiger partial charge on any atom is 0.324 e. The van der Waals surface area contributed by atoms with Crippen LogP contribution in [0, 0.1) is 0 Å². The van der Waals surface area contributed by atoms with E-state index in [4.69, 9.17) is 8.94 Å². The fraction of sp³-hybridized carbons (Fsp3) is 0.344. The van der Waals surface area contributed by atoms with Crippen LogP contribution in [0.5, 0.6) is 5.75 Å². The normalized spacial score (nSPS) is 14.9. The molecule has 4 N–H and O–H groups in total. The zero-order valence-corrected chi connectivity index (χ0v) is 24.8. The van der Waals surface area contributed by atoms with Gasteiger partial charge in [0.05, 0.1) is 5.69 Å². The molecule has 0 saturated carbocycles. The molecule has 2 amide bonds. The van der Waals surface area contributed by atoms with E-state index in [9.17, 15) is 14.7 Å². The van der Waals surface area contributed by atoms with Gasteiger partial charge in [-0.05, 0) is 49.0 Å². The van der Waals surface area contributed by atoms with E-state index < -0.39 is 6.03 Å². The second-order valence-electron chi connectivity index (χ2n) is 12.0. The number of likely N-dealkylation sites (N-methyl/N-ethyl adjacent to an activating group) is 1. The number of ketones is 1. The summed E-state index contributed by atoms with van der Waals surface area (Å²) in [5.41, 5.74) is 2.76. The van der Waals surface area contributed by atoms with Crippen LogP contribution in [0.25, 0.3) is 21.9 Å². The van der Waals surface area contributed by atoms with Gasteiger partial charge in [0.15, 0.2) is 11.6 Å². The number of amides is 2. The second kappa shape index (κ2) is 11.2. The number of carbonyl (C=O) groups is 2. The molecular formula is C32H36N6O5. The highest BCUT2D eigenvalue weighted by atomic mass is 16.5. The maximum atomic E-state index is 13.5. The summed E-state index contributed by atoms with van der Waals surface area (Å²) in [5, 5.41) is 21.5. The summed E-state index contributed by atoms with van der Waals surface area (Å²) in [7, 11) is 0. The van der Waals surface area contributed by atoms with Crippen LogP contribution in [-0.4, -0.2) is 69.6 Å². The third kappa shape index (κ3) is 5.99. The Morgan fingerprint density at radius 2 is 1.77 bits per heavy atom. The lowest BCUT2D eigenvalue weighted by molar-refractivity contribution is 0.101. The molecule has 0 aliphatic carbocycles. The number of aromatic amines is 1. The minimum absolute atomic E-state index is 0.168. The average molecular weight is 585 g/mol. The predicted octanol–water partition coefficient (Wildman–Crippen LogP) is 5.92. The van der Waals surface area contributed by atoms with Crippen molar-refractivity contribution in [3.63, 3.8) is 0 Å². The van der Waals surface area contributed by atoms with E-state index in [1.165, 1.54) is 0 Å². The Morgan fingerprint density at radius 3 is 2.49 bits per heavy atom. The lowest BCUT2D eigenvalue weighted by Gasteiger charge is -2.34. The molecule has 2 aromatic carbocycles. The smallest absolute Gasteiger partial charge is 0.324 e. The van der Waals surface area contributed by atoms with Gasteiger partial charge >= 0.3 is 6.03 Å². The fourth-order valence-corrected chi connectivity index (χ4v) is 5.36. The molecule has 6 rings (SSSR count). The summed E-state index contributed by atoms with van der Waals surface area (Å²) in [6, 6.07) is 13.2. The summed E-state index contributed by atoms with van der Waals surface area (Å²) in [6.45, 7) is 13.6. The van der Waals surface area contributed by atoms with Gasteiger partial charge in [-0.2, -0.15) is 0 Å². The number of fused-ring (bicyclic) bond motifs is 2. The molecule has 1 saturated heterocycles. The van der Waals surface area contributed by atoms with Crippen molar-refractivity contribution in [2.24, 2.45) is 0 Å². The Labute approximate surface area is 248 Å². The highest BCUT2D eigenvalue weighted by molar-refractivity contribution is 6.10. The first-order valence-electron chi connectivity index (χ1n) is 14.5. The number of phenols is 1. The van der Waals surface area contributed by atoms with Crippen molar-refractivity contribution in [1.82, 2.24) is 19.9 Å². The number of anilines is 2. The molecule has 0 radical (unpaired) electrons. The van der Waals surface area contributed by atoms with Gasteiger partial charge in [-0.15, -0.1) is 0 Å². The number of phenolic OH excluding ortho intramolecular Hbond substituents is 1. The Kier molecular flexibility index (Phi) is 7.45. The molecule has 0 unspecified atom stereocenters. The van der Waals surface area contributed by atoms with Gasteiger partial charge in [0.25, 0.3) is 0 Å². The van der Waals surface area contributed by atoms with Crippen LogP contribution in [-0.2, 0) is 12.0 Å². The Bertz CT molecular complexity index is 1800. The molecule has 1 aliphatic heterocycles. The van der Waals surface area contributed by atoms with E-state index in [2.05, 4.69) is 37.5 Å². The van der Waals surface area contributed by atoms with Gasteiger partial charge in [0.1, 0.15) is 17.1 Å². The molecular weight excluding hydrogens is 548 g/mol. The van der Waals surface area contributed by atoms with Crippen LogP contribution in [0.2, 0.25) is 0 Å². The van der Waals surface area contributed by atoms with Crippen LogP contribution in [0.15, 0.2) is 57.5 Å². The second-order valence-corrected chi connectivity index (χ2v) is 12.0. The third-order valence-corrected chi connectivity index (χ3v) is 7.92. The van der Waals surface area contributed by atoms with E-state index >= 15 is 0 Å². The first-order chi connectivity index (χ1) is 20.6. The topological polar surface area (TPSA) is 140 Å². The SMILES string of the molecule is CCN1CCN(Cc2c(O)ccc3[nH]c(C(=O)c4cc5cc(NC(=O)Nc6cc(C(C)(C)C)on6)ccc5o4)cc23)CC1. The number of aromatic nitrogens is 2. The van der Waals surface area contributed by atoms with Crippen molar-refractivity contribution in [3.05, 3.63) is 71.3 Å². The number of nitrogens with zero attached hydrogens (tertiary/aromatic N) is 3. The summed E-state index contributed by atoms with van der Waals surface area (Å²) in [6.07, 6.45) is 0. The monoisotopic (exact) mass is 584 g/mol. The number of furan rings is 1. The van der Waals surface area contributed by atoms with Crippen LogP contribution in [0.1, 0.15) is 55.3 Å². The molecule has 1 aliphatic rings. The van der Waals surface area contributed by atoms with E-state index in [0.717, 1.165) is 49.2 Å². The van der Waals surface area contributed by atoms with Gasteiger partial charge in [-0.1, -0.05) is 32.9 Å².